The molecule has 0 amide bonds. The first-order valence-electron chi connectivity index (χ1n) is 4.85. The summed E-state index contributed by atoms with van der Waals surface area (Å²) in [6, 6.07) is 0. The largest absolute Gasteiger partial charge is 0.476 e. The number of carboxylic acids is 1. The van der Waals surface area contributed by atoms with Crippen molar-refractivity contribution in [1.82, 2.24) is 15.0 Å². The quantitative estimate of drug-likeness (QED) is 0.864. The monoisotopic (exact) mass is 249 g/mol. The van der Waals surface area contributed by atoms with Gasteiger partial charge in [-0.1, -0.05) is 0 Å². The van der Waals surface area contributed by atoms with Crippen LogP contribution < -0.4 is 0 Å². The molecule has 1 aliphatic heterocycles. The Labute approximate surface area is 99.9 Å². The number of carboxylic acid groups (broad SMARTS) is 1. The van der Waals surface area contributed by atoms with Gasteiger partial charge in [0.1, 0.15) is 0 Å². The number of rotatable bonds is 2. The first-order valence-corrected chi connectivity index (χ1v) is 5.73. The van der Waals surface area contributed by atoms with Crippen molar-refractivity contribution in [3.8, 4) is 10.7 Å². The van der Waals surface area contributed by atoms with Gasteiger partial charge in [0.15, 0.2) is 11.5 Å². The summed E-state index contributed by atoms with van der Waals surface area (Å²) in [5.41, 5.74) is 2.91. The molecule has 0 atom stereocenters. The lowest BCUT2D eigenvalue weighted by Crippen LogP contribution is -2.08. The molecule has 0 fully saturated rings. The minimum atomic E-state index is -1.06. The Morgan fingerprint density at radius 3 is 3.00 bits per heavy atom. The summed E-state index contributed by atoms with van der Waals surface area (Å²) in [4.78, 5) is 24.2. The van der Waals surface area contributed by atoms with Gasteiger partial charge in [-0.2, -0.15) is 0 Å². The topological polar surface area (TPSA) is 85.2 Å². The molecule has 0 saturated carbocycles. The summed E-state index contributed by atoms with van der Waals surface area (Å²) in [6.45, 7) is 0.601. The average molecular weight is 249 g/mol. The number of hydrogen-bond acceptors (Lipinski definition) is 6. The van der Waals surface area contributed by atoms with Crippen molar-refractivity contribution >= 4 is 17.3 Å². The zero-order chi connectivity index (χ0) is 11.8. The van der Waals surface area contributed by atoms with Crippen molar-refractivity contribution in [3.05, 3.63) is 28.7 Å². The van der Waals surface area contributed by atoms with Crippen molar-refractivity contribution in [3.63, 3.8) is 0 Å². The molecule has 0 aromatic carbocycles. The third-order valence-corrected chi connectivity index (χ3v) is 3.20. The molecule has 6 nitrogen and oxygen atoms in total. The zero-order valence-electron chi connectivity index (χ0n) is 8.58. The van der Waals surface area contributed by atoms with Crippen molar-refractivity contribution in [2.45, 2.75) is 13.2 Å². The summed E-state index contributed by atoms with van der Waals surface area (Å²) >= 11 is 1.37. The average Bonchev–Trinajstić information content (AvgIpc) is 2.98. The van der Waals surface area contributed by atoms with Crippen LogP contribution in [0, 0.1) is 0 Å². The van der Waals surface area contributed by atoms with Gasteiger partial charge in [0.05, 0.1) is 29.3 Å². The highest BCUT2D eigenvalue weighted by Gasteiger charge is 2.24. The third kappa shape index (κ3) is 1.69. The Balaban J connectivity index is 2.20. The van der Waals surface area contributed by atoms with Gasteiger partial charge in [-0.15, -0.1) is 11.3 Å². The second-order valence-electron chi connectivity index (χ2n) is 3.48. The van der Waals surface area contributed by atoms with Crippen LogP contribution >= 0.6 is 11.3 Å². The van der Waals surface area contributed by atoms with Crippen LogP contribution in [0.3, 0.4) is 0 Å². The van der Waals surface area contributed by atoms with E-state index in [4.69, 9.17) is 9.84 Å². The lowest BCUT2D eigenvalue weighted by Gasteiger charge is -2.03. The fourth-order valence-corrected chi connectivity index (χ4v) is 2.22. The molecule has 1 aliphatic rings. The van der Waals surface area contributed by atoms with Crippen molar-refractivity contribution in [1.29, 1.82) is 0 Å². The lowest BCUT2D eigenvalue weighted by molar-refractivity contribution is 0.0685. The molecule has 2 aromatic rings. The van der Waals surface area contributed by atoms with E-state index < -0.39 is 5.97 Å². The maximum Gasteiger partial charge on any atom is 0.355 e. The Hall–Kier alpha value is -1.86. The summed E-state index contributed by atoms with van der Waals surface area (Å²) in [5.74, 6) is -0.658. The molecule has 3 rings (SSSR count). The van der Waals surface area contributed by atoms with E-state index in [2.05, 4.69) is 15.0 Å². The van der Waals surface area contributed by atoms with Crippen molar-refractivity contribution < 1.29 is 14.6 Å². The van der Waals surface area contributed by atoms with Gasteiger partial charge in [-0.25, -0.2) is 14.8 Å². The predicted octanol–water partition coefficient (Wildman–Crippen LogP) is 1.33. The molecule has 1 N–H and O–H groups in total. The summed E-state index contributed by atoms with van der Waals surface area (Å²) in [5, 5.41) is 9.11. The Morgan fingerprint density at radius 2 is 2.29 bits per heavy atom. The minimum absolute atomic E-state index is 0.0240. The van der Waals surface area contributed by atoms with E-state index in [-0.39, 0.29) is 12.3 Å². The van der Waals surface area contributed by atoms with Gasteiger partial charge in [0, 0.05) is 11.8 Å². The number of aromatic nitrogens is 3. The Morgan fingerprint density at radius 1 is 1.41 bits per heavy atom. The maximum absolute atomic E-state index is 11.1. The standard InChI is InChI=1S/C10H7N3O3S/c14-10(15)8-5-2-16-3-6(5)12-9(13-8)7-1-11-4-17-7/h1,4H,2-3H2,(H,14,15). The number of aromatic carboxylic acids is 1. The number of carbonyl (C=O) groups is 1. The van der Waals surface area contributed by atoms with Crippen LogP contribution in [0.1, 0.15) is 21.7 Å². The molecule has 7 heteroatoms. The van der Waals surface area contributed by atoms with Gasteiger partial charge in [-0.3, -0.25) is 4.98 Å². The van der Waals surface area contributed by atoms with Crippen LogP contribution in [0.5, 0.6) is 0 Å². The number of hydrogen-bond donors (Lipinski definition) is 1. The molecule has 0 saturated heterocycles. The van der Waals surface area contributed by atoms with Gasteiger partial charge in [-0.05, 0) is 0 Å². The molecule has 17 heavy (non-hydrogen) atoms. The van der Waals surface area contributed by atoms with Gasteiger partial charge in [0.2, 0.25) is 0 Å². The number of nitrogens with zero attached hydrogens (tertiary/aromatic N) is 3. The smallest absolute Gasteiger partial charge is 0.355 e. The van der Waals surface area contributed by atoms with E-state index in [9.17, 15) is 4.79 Å². The van der Waals surface area contributed by atoms with Crippen LogP contribution in [0.2, 0.25) is 0 Å². The second kappa shape index (κ2) is 3.86. The highest BCUT2D eigenvalue weighted by Crippen LogP contribution is 2.26. The van der Waals surface area contributed by atoms with E-state index in [0.29, 0.717) is 23.7 Å². The van der Waals surface area contributed by atoms with E-state index >= 15 is 0 Å². The molecular formula is C10H7N3O3S. The molecule has 86 valence electrons. The molecular weight excluding hydrogens is 242 g/mol. The molecule has 0 spiro atoms. The Bertz CT molecular complexity index is 583. The summed E-state index contributed by atoms with van der Waals surface area (Å²) in [6.07, 6.45) is 1.62. The molecule has 0 radical (unpaired) electrons. The fraction of sp³-hybridized carbons (Fsp3) is 0.200. The van der Waals surface area contributed by atoms with Gasteiger partial charge < -0.3 is 9.84 Å². The SMILES string of the molecule is O=C(O)c1nc(-c2cncs2)nc2c1COC2. The highest BCUT2D eigenvalue weighted by atomic mass is 32.1. The van der Waals surface area contributed by atoms with E-state index in [0.717, 1.165) is 4.88 Å². The Kier molecular flexibility index (Phi) is 2.34. The number of ether oxygens (including phenoxy) is 1. The van der Waals surface area contributed by atoms with Crippen LogP contribution in [-0.4, -0.2) is 26.0 Å². The second-order valence-corrected chi connectivity index (χ2v) is 4.37. The van der Waals surface area contributed by atoms with E-state index in [1.165, 1.54) is 11.3 Å². The van der Waals surface area contributed by atoms with Crippen molar-refractivity contribution in [2.24, 2.45) is 0 Å². The first-order chi connectivity index (χ1) is 8.25. The molecule has 2 aromatic heterocycles. The third-order valence-electron chi connectivity index (χ3n) is 2.43. The maximum atomic E-state index is 11.1. The highest BCUT2D eigenvalue weighted by molar-refractivity contribution is 7.13. The van der Waals surface area contributed by atoms with Crippen LogP contribution in [0.4, 0.5) is 0 Å². The molecule has 3 heterocycles. The first kappa shape index (κ1) is 10.3. The fourth-order valence-electron chi connectivity index (χ4n) is 1.66. The normalized spacial score (nSPS) is 13.6. The predicted molar refractivity (Wildman–Crippen MR) is 58.6 cm³/mol. The van der Waals surface area contributed by atoms with Gasteiger partial charge in [0.25, 0.3) is 0 Å². The minimum Gasteiger partial charge on any atom is -0.476 e. The lowest BCUT2D eigenvalue weighted by atomic mass is 10.2. The van der Waals surface area contributed by atoms with Crippen molar-refractivity contribution in [2.75, 3.05) is 0 Å². The van der Waals surface area contributed by atoms with Crippen LogP contribution in [-0.2, 0) is 18.0 Å². The zero-order valence-corrected chi connectivity index (χ0v) is 9.40. The molecule has 0 bridgehead atoms. The molecule has 0 unspecified atom stereocenters. The number of thiazole rings is 1. The molecule has 0 aliphatic carbocycles. The van der Waals surface area contributed by atoms with E-state index in [1.807, 2.05) is 0 Å². The van der Waals surface area contributed by atoms with E-state index in [1.54, 1.807) is 11.7 Å². The van der Waals surface area contributed by atoms with Gasteiger partial charge >= 0.3 is 5.97 Å². The summed E-state index contributed by atoms with van der Waals surface area (Å²) < 4.78 is 5.20. The van der Waals surface area contributed by atoms with Crippen LogP contribution in [0.15, 0.2) is 11.7 Å². The summed E-state index contributed by atoms with van der Waals surface area (Å²) in [7, 11) is 0. The van der Waals surface area contributed by atoms with Crippen LogP contribution in [0.25, 0.3) is 10.7 Å². The number of fused-ring (bicyclic) bond motifs is 1.